The van der Waals surface area contributed by atoms with Crippen LogP contribution >= 0.6 is 11.3 Å². The Morgan fingerprint density at radius 1 is 1.33 bits per heavy atom. The second-order valence-electron chi connectivity index (χ2n) is 4.37. The highest BCUT2D eigenvalue weighted by Gasteiger charge is 2.18. The maximum absolute atomic E-state index is 10.9. The summed E-state index contributed by atoms with van der Waals surface area (Å²) in [4.78, 5) is 10.6. The number of nitro groups is 1. The van der Waals surface area contributed by atoms with Crippen LogP contribution in [0.4, 0.5) is 5.69 Å². The number of para-hydroxylation sites is 1. The quantitative estimate of drug-likeness (QED) is 0.626. The van der Waals surface area contributed by atoms with Gasteiger partial charge in [0.1, 0.15) is 5.01 Å². The molecule has 0 atom stereocenters. The third-order valence-corrected chi connectivity index (χ3v) is 3.36. The molecule has 1 aromatic carbocycles. The molecule has 0 aliphatic carbocycles. The molecule has 1 aromatic heterocycles. The van der Waals surface area contributed by atoms with Crippen molar-refractivity contribution < 1.29 is 4.92 Å². The predicted octanol–water partition coefficient (Wildman–Crippen LogP) is 3.31. The van der Waals surface area contributed by atoms with Crippen molar-refractivity contribution in [1.29, 1.82) is 0 Å². The molecule has 1 heterocycles. The van der Waals surface area contributed by atoms with Crippen molar-refractivity contribution in [3.8, 4) is 10.6 Å². The fourth-order valence-electron chi connectivity index (χ4n) is 1.61. The Kier molecular flexibility index (Phi) is 3.66. The van der Waals surface area contributed by atoms with Crippen molar-refractivity contribution in [3.05, 3.63) is 39.4 Å². The largest absolute Gasteiger partial charge is 0.279 e. The van der Waals surface area contributed by atoms with Gasteiger partial charge in [-0.15, -0.1) is 10.2 Å². The Hall–Kier alpha value is -1.82. The van der Waals surface area contributed by atoms with E-state index in [1.807, 2.05) is 0 Å². The molecule has 0 aliphatic rings. The Labute approximate surface area is 109 Å². The zero-order valence-corrected chi connectivity index (χ0v) is 11.0. The van der Waals surface area contributed by atoms with E-state index in [1.165, 1.54) is 17.4 Å². The monoisotopic (exact) mass is 263 g/mol. The van der Waals surface area contributed by atoms with Gasteiger partial charge < -0.3 is 0 Å². The van der Waals surface area contributed by atoms with Gasteiger partial charge in [0.2, 0.25) is 0 Å². The molecule has 0 radical (unpaired) electrons. The summed E-state index contributed by atoms with van der Waals surface area (Å²) in [6.45, 7) is 4.21. The van der Waals surface area contributed by atoms with Crippen molar-refractivity contribution in [1.82, 2.24) is 10.2 Å². The van der Waals surface area contributed by atoms with Crippen LogP contribution in [0.2, 0.25) is 0 Å². The number of benzene rings is 1. The van der Waals surface area contributed by atoms with Crippen molar-refractivity contribution in [2.45, 2.75) is 20.3 Å². The molecule has 94 valence electrons. The lowest BCUT2D eigenvalue weighted by Gasteiger charge is -1.98. The maximum atomic E-state index is 10.9. The standard InChI is InChI=1S/C12H13N3O2S/c1-8(2)7-11-13-14-12(18-11)9-5-3-4-6-10(9)15(16)17/h3-6,8H,7H2,1-2H3. The van der Waals surface area contributed by atoms with Gasteiger partial charge in [-0.2, -0.15) is 0 Å². The van der Waals surface area contributed by atoms with Crippen LogP contribution in [0.25, 0.3) is 10.6 Å². The number of hydrogen-bond donors (Lipinski definition) is 0. The van der Waals surface area contributed by atoms with Crippen LogP contribution in [-0.2, 0) is 6.42 Å². The molecule has 0 bridgehead atoms. The van der Waals surface area contributed by atoms with E-state index in [4.69, 9.17) is 0 Å². The van der Waals surface area contributed by atoms with Gasteiger partial charge in [0.05, 0.1) is 10.5 Å². The Morgan fingerprint density at radius 2 is 2.06 bits per heavy atom. The van der Waals surface area contributed by atoms with Crippen LogP contribution in [0.3, 0.4) is 0 Å². The van der Waals surface area contributed by atoms with Gasteiger partial charge >= 0.3 is 0 Å². The summed E-state index contributed by atoms with van der Waals surface area (Å²) >= 11 is 1.42. The summed E-state index contributed by atoms with van der Waals surface area (Å²) in [6.07, 6.45) is 0.846. The molecule has 0 saturated heterocycles. The SMILES string of the molecule is CC(C)Cc1nnc(-c2ccccc2[N+](=O)[O-])s1. The van der Waals surface area contributed by atoms with Gasteiger partial charge in [-0.1, -0.05) is 37.3 Å². The van der Waals surface area contributed by atoms with Crippen LogP contribution in [0.5, 0.6) is 0 Å². The molecule has 0 aliphatic heterocycles. The highest BCUT2D eigenvalue weighted by atomic mass is 32.1. The fraction of sp³-hybridized carbons (Fsp3) is 0.333. The van der Waals surface area contributed by atoms with Crippen LogP contribution in [-0.4, -0.2) is 15.1 Å². The highest BCUT2D eigenvalue weighted by Crippen LogP contribution is 2.31. The van der Waals surface area contributed by atoms with Gasteiger partial charge in [-0.3, -0.25) is 10.1 Å². The Bertz CT molecular complexity index is 566. The van der Waals surface area contributed by atoms with E-state index in [0.29, 0.717) is 16.5 Å². The fourth-order valence-corrected chi connectivity index (χ4v) is 2.69. The van der Waals surface area contributed by atoms with Crippen molar-refractivity contribution in [2.24, 2.45) is 5.92 Å². The third kappa shape index (κ3) is 2.70. The Balaban J connectivity index is 2.37. The second-order valence-corrected chi connectivity index (χ2v) is 5.44. The summed E-state index contributed by atoms with van der Waals surface area (Å²) in [5.41, 5.74) is 0.611. The van der Waals surface area contributed by atoms with Crippen molar-refractivity contribution in [3.63, 3.8) is 0 Å². The first-order chi connectivity index (χ1) is 8.58. The summed E-state index contributed by atoms with van der Waals surface area (Å²) in [5.74, 6) is 0.497. The first kappa shape index (κ1) is 12.6. The molecule has 18 heavy (non-hydrogen) atoms. The minimum atomic E-state index is -0.390. The van der Waals surface area contributed by atoms with Gasteiger partial charge in [0.15, 0.2) is 5.01 Å². The summed E-state index contributed by atoms with van der Waals surface area (Å²) in [6, 6.07) is 6.61. The number of nitro benzene ring substituents is 1. The van der Waals surface area contributed by atoms with E-state index in [-0.39, 0.29) is 5.69 Å². The van der Waals surface area contributed by atoms with Crippen LogP contribution in [0.15, 0.2) is 24.3 Å². The van der Waals surface area contributed by atoms with E-state index in [9.17, 15) is 10.1 Å². The first-order valence-corrected chi connectivity index (χ1v) is 6.45. The topological polar surface area (TPSA) is 68.9 Å². The summed E-state index contributed by atoms with van der Waals surface area (Å²) in [7, 11) is 0. The summed E-state index contributed by atoms with van der Waals surface area (Å²) in [5, 5.41) is 20.6. The second kappa shape index (κ2) is 5.22. The lowest BCUT2D eigenvalue weighted by Crippen LogP contribution is -1.92. The van der Waals surface area contributed by atoms with E-state index in [0.717, 1.165) is 11.4 Å². The van der Waals surface area contributed by atoms with Crippen LogP contribution in [0.1, 0.15) is 18.9 Å². The molecular formula is C12H13N3O2S. The van der Waals surface area contributed by atoms with Crippen molar-refractivity contribution in [2.75, 3.05) is 0 Å². The highest BCUT2D eigenvalue weighted by molar-refractivity contribution is 7.14. The van der Waals surface area contributed by atoms with E-state index in [1.54, 1.807) is 18.2 Å². The Morgan fingerprint density at radius 3 is 2.72 bits per heavy atom. The molecule has 2 rings (SSSR count). The zero-order chi connectivity index (χ0) is 13.1. The molecule has 0 saturated carbocycles. The number of rotatable bonds is 4. The minimum absolute atomic E-state index is 0.0738. The van der Waals surface area contributed by atoms with Gasteiger partial charge in [-0.25, -0.2) is 0 Å². The van der Waals surface area contributed by atoms with Gasteiger partial charge in [0.25, 0.3) is 5.69 Å². The van der Waals surface area contributed by atoms with Gasteiger partial charge in [0, 0.05) is 12.5 Å². The predicted molar refractivity (Wildman–Crippen MR) is 70.5 cm³/mol. The average Bonchev–Trinajstić information content (AvgIpc) is 2.76. The minimum Gasteiger partial charge on any atom is -0.258 e. The van der Waals surface area contributed by atoms with Gasteiger partial charge in [-0.05, 0) is 12.0 Å². The molecule has 0 fully saturated rings. The van der Waals surface area contributed by atoms with Crippen LogP contribution < -0.4 is 0 Å². The number of aromatic nitrogens is 2. The zero-order valence-electron chi connectivity index (χ0n) is 10.2. The molecule has 6 heteroatoms. The van der Waals surface area contributed by atoms with Crippen molar-refractivity contribution >= 4 is 17.0 Å². The lowest BCUT2D eigenvalue weighted by molar-refractivity contribution is -0.384. The van der Waals surface area contributed by atoms with E-state index >= 15 is 0 Å². The van der Waals surface area contributed by atoms with Crippen LogP contribution in [0, 0.1) is 16.0 Å². The molecule has 0 unspecified atom stereocenters. The molecule has 0 spiro atoms. The molecule has 5 nitrogen and oxygen atoms in total. The normalized spacial score (nSPS) is 10.8. The molecular weight excluding hydrogens is 250 g/mol. The number of hydrogen-bond acceptors (Lipinski definition) is 5. The van der Waals surface area contributed by atoms with E-state index < -0.39 is 4.92 Å². The molecule has 0 N–H and O–H groups in total. The number of nitrogens with zero attached hydrogens (tertiary/aromatic N) is 3. The molecule has 0 amide bonds. The smallest absolute Gasteiger partial charge is 0.258 e. The maximum Gasteiger partial charge on any atom is 0.279 e. The molecule has 2 aromatic rings. The van der Waals surface area contributed by atoms with E-state index in [2.05, 4.69) is 24.0 Å². The first-order valence-electron chi connectivity index (χ1n) is 5.64. The average molecular weight is 263 g/mol. The third-order valence-electron chi connectivity index (χ3n) is 2.38. The summed E-state index contributed by atoms with van der Waals surface area (Å²) < 4.78 is 0. The lowest BCUT2D eigenvalue weighted by atomic mass is 10.1.